The number of carbonyl (C=O) groups excluding carboxylic acids is 3. The van der Waals surface area contributed by atoms with Crippen LogP contribution in [0, 0.1) is 11.8 Å². The van der Waals surface area contributed by atoms with Crippen LogP contribution in [-0.2, 0) is 20.9 Å². The first-order chi connectivity index (χ1) is 13.7. The van der Waals surface area contributed by atoms with Gasteiger partial charge in [-0.15, -0.1) is 0 Å². The summed E-state index contributed by atoms with van der Waals surface area (Å²) in [6.07, 6.45) is -3.86. The molecule has 1 N–H and O–H groups in total. The van der Waals surface area contributed by atoms with Crippen molar-refractivity contribution in [3.05, 3.63) is 35.9 Å². The normalized spacial score (nSPS) is 20.8. The van der Waals surface area contributed by atoms with E-state index in [2.05, 4.69) is 5.32 Å². The van der Waals surface area contributed by atoms with Gasteiger partial charge in [0, 0.05) is 39.1 Å². The second-order valence-corrected chi connectivity index (χ2v) is 7.64. The first kappa shape index (κ1) is 21.1. The largest absolute Gasteiger partial charge is 0.471 e. The number of rotatable bonds is 5. The summed E-state index contributed by atoms with van der Waals surface area (Å²) in [6.45, 7) is 1.24. The van der Waals surface area contributed by atoms with E-state index < -0.39 is 18.0 Å². The topological polar surface area (TPSA) is 69.7 Å². The van der Waals surface area contributed by atoms with Gasteiger partial charge in [0.1, 0.15) is 0 Å². The highest BCUT2D eigenvalue weighted by atomic mass is 19.4. The maximum absolute atomic E-state index is 12.5. The van der Waals surface area contributed by atoms with Crippen molar-refractivity contribution in [3.8, 4) is 0 Å². The lowest BCUT2D eigenvalue weighted by Crippen LogP contribution is -2.47. The molecule has 2 aliphatic rings. The van der Waals surface area contributed by atoms with Crippen LogP contribution in [0.5, 0.6) is 0 Å². The third-order valence-electron chi connectivity index (χ3n) is 5.51. The summed E-state index contributed by atoms with van der Waals surface area (Å²) in [5, 5.41) is 2.83. The molecule has 1 atom stereocenters. The average Bonchev–Trinajstić information content (AvgIpc) is 3.06. The Balaban J connectivity index is 1.41. The predicted molar refractivity (Wildman–Crippen MR) is 98.3 cm³/mol. The van der Waals surface area contributed by atoms with E-state index in [1.807, 2.05) is 30.3 Å². The van der Waals surface area contributed by atoms with Crippen molar-refractivity contribution in [2.24, 2.45) is 11.8 Å². The number of benzene rings is 1. The maximum atomic E-state index is 12.5. The summed E-state index contributed by atoms with van der Waals surface area (Å²) in [5.41, 5.74) is 1.00. The molecule has 158 valence electrons. The van der Waals surface area contributed by atoms with Crippen LogP contribution in [0.15, 0.2) is 30.3 Å². The zero-order valence-corrected chi connectivity index (χ0v) is 16.0. The zero-order valence-electron chi connectivity index (χ0n) is 16.0. The maximum Gasteiger partial charge on any atom is 0.471 e. The molecule has 0 spiro atoms. The van der Waals surface area contributed by atoms with Crippen molar-refractivity contribution < 1.29 is 27.6 Å². The molecule has 2 aliphatic heterocycles. The molecule has 9 heteroatoms. The number of halogens is 3. The second kappa shape index (κ2) is 8.84. The first-order valence-electron chi connectivity index (χ1n) is 9.69. The van der Waals surface area contributed by atoms with E-state index in [0.717, 1.165) is 10.5 Å². The third kappa shape index (κ3) is 5.48. The van der Waals surface area contributed by atoms with Crippen LogP contribution >= 0.6 is 0 Å². The van der Waals surface area contributed by atoms with Crippen molar-refractivity contribution >= 4 is 17.7 Å². The van der Waals surface area contributed by atoms with E-state index in [1.165, 1.54) is 0 Å². The lowest BCUT2D eigenvalue weighted by atomic mass is 9.96. The van der Waals surface area contributed by atoms with Gasteiger partial charge in [0.15, 0.2) is 0 Å². The first-order valence-corrected chi connectivity index (χ1v) is 9.69. The molecule has 3 rings (SSSR count). The monoisotopic (exact) mass is 411 g/mol. The number of nitrogens with zero attached hydrogens (tertiary/aromatic N) is 2. The summed E-state index contributed by atoms with van der Waals surface area (Å²) in [7, 11) is 0. The fraction of sp³-hybridized carbons (Fsp3) is 0.550. The molecule has 2 heterocycles. The van der Waals surface area contributed by atoms with Gasteiger partial charge in [-0.1, -0.05) is 30.3 Å². The molecule has 29 heavy (non-hydrogen) atoms. The summed E-state index contributed by atoms with van der Waals surface area (Å²) >= 11 is 0. The smallest absolute Gasteiger partial charge is 0.356 e. The Morgan fingerprint density at radius 3 is 2.38 bits per heavy atom. The minimum atomic E-state index is -4.85. The van der Waals surface area contributed by atoms with Gasteiger partial charge in [0.2, 0.25) is 11.8 Å². The second-order valence-electron chi connectivity index (χ2n) is 7.64. The Morgan fingerprint density at radius 2 is 1.76 bits per heavy atom. The molecule has 0 aliphatic carbocycles. The molecular weight excluding hydrogens is 387 g/mol. The van der Waals surface area contributed by atoms with Crippen LogP contribution in [0.3, 0.4) is 0 Å². The van der Waals surface area contributed by atoms with E-state index in [9.17, 15) is 27.6 Å². The molecule has 1 unspecified atom stereocenters. The van der Waals surface area contributed by atoms with E-state index in [0.29, 0.717) is 32.5 Å². The van der Waals surface area contributed by atoms with Crippen LogP contribution in [0.25, 0.3) is 0 Å². The number of hydrogen-bond donors (Lipinski definition) is 1. The summed E-state index contributed by atoms with van der Waals surface area (Å²) in [6, 6.07) is 9.55. The van der Waals surface area contributed by atoms with Crippen LogP contribution in [0.2, 0.25) is 0 Å². The number of likely N-dealkylation sites (tertiary alicyclic amines) is 2. The molecule has 0 saturated carbocycles. The van der Waals surface area contributed by atoms with Crippen LogP contribution < -0.4 is 5.32 Å². The Hall–Kier alpha value is -2.58. The highest BCUT2D eigenvalue weighted by molar-refractivity contribution is 5.89. The zero-order chi connectivity index (χ0) is 21.0. The molecule has 0 aromatic heterocycles. The van der Waals surface area contributed by atoms with Crippen molar-refractivity contribution in [2.75, 3.05) is 26.2 Å². The molecule has 1 aromatic carbocycles. The highest BCUT2D eigenvalue weighted by Crippen LogP contribution is 2.24. The Bertz CT molecular complexity index is 746. The van der Waals surface area contributed by atoms with Crippen molar-refractivity contribution in [1.29, 1.82) is 0 Å². The third-order valence-corrected chi connectivity index (χ3v) is 5.51. The van der Waals surface area contributed by atoms with E-state index in [1.54, 1.807) is 4.90 Å². The summed E-state index contributed by atoms with van der Waals surface area (Å²) in [4.78, 5) is 38.4. The van der Waals surface area contributed by atoms with E-state index >= 15 is 0 Å². The van der Waals surface area contributed by atoms with Crippen molar-refractivity contribution in [1.82, 2.24) is 15.1 Å². The number of amides is 3. The lowest BCUT2D eigenvalue weighted by Gasteiger charge is -2.32. The number of piperidine rings is 1. The van der Waals surface area contributed by atoms with Crippen LogP contribution in [0.1, 0.15) is 24.8 Å². The molecule has 1 aromatic rings. The number of carbonyl (C=O) groups is 3. The van der Waals surface area contributed by atoms with Gasteiger partial charge in [0.05, 0.1) is 5.92 Å². The number of alkyl halides is 3. The van der Waals surface area contributed by atoms with Gasteiger partial charge in [-0.2, -0.15) is 13.2 Å². The van der Waals surface area contributed by atoms with Gasteiger partial charge in [-0.3, -0.25) is 14.4 Å². The standard InChI is InChI=1S/C20H24F3N3O3/c21-20(22,23)19(29)25-8-6-14(7-9-25)11-24-18(28)16-10-17(27)26(13-16)12-15-4-2-1-3-5-15/h1-5,14,16H,6-13H2,(H,24,28). The molecule has 6 nitrogen and oxygen atoms in total. The highest BCUT2D eigenvalue weighted by Gasteiger charge is 2.43. The Labute approximate surface area is 167 Å². The summed E-state index contributed by atoms with van der Waals surface area (Å²) < 4.78 is 37.4. The molecule has 3 amide bonds. The van der Waals surface area contributed by atoms with E-state index in [4.69, 9.17) is 0 Å². The molecular formula is C20H24F3N3O3. The Kier molecular flexibility index (Phi) is 6.44. The van der Waals surface area contributed by atoms with Crippen LogP contribution in [-0.4, -0.2) is 59.9 Å². The van der Waals surface area contributed by atoms with Crippen molar-refractivity contribution in [2.45, 2.75) is 32.0 Å². The SMILES string of the molecule is O=C(NCC1CCN(C(=O)C(F)(F)F)CC1)C1CC(=O)N(Cc2ccccc2)C1. The molecule has 0 bridgehead atoms. The minimum absolute atomic E-state index is 0.0220. The Morgan fingerprint density at radius 1 is 1.10 bits per heavy atom. The van der Waals surface area contributed by atoms with Crippen LogP contribution in [0.4, 0.5) is 13.2 Å². The lowest BCUT2D eigenvalue weighted by molar-refractivity contribution is -0.186. The molecule has 0 radical (unpaired) electrons. The van der Waals surface area contributed by atoms with Gasteiger partial charge >= 0.3 is 12.1 Å². The fourth-order valence-corrected chi connectivity index (χ4v) is 3.81. The van der Waals surface area contributed by atoms with Gasteiger partial charge in [0.25, 0.3) is 0 Å². The molecule has 2 saturated heterocycles. The predicted octanol–water partition coefficient (Wildman–Crippen LogP) is 1.95. The summed E-state index contributed by atoms with van der Waals surface area (Å²) in [5.74, 6) is -2.47. The van der Waals surface area contributed by atoms with Crippen molar-refractivity contribution in [3.63, 3.8) is 0 Å². The van der Waals surface area contributed by atoms with Gasteiger partial charge in [-0.25, -0.2) is 0 Å². The number of hydrogen-bond acceptors (Lipinski definition) is 3. The van der Waals surface area contributed by atoms with Gasteiger partial charge < -0.3 is 15.1 Å². The van der Waals surface area contributed by atoms with Gasteiger partial charge in [-0.05, 0) is 24.3 Å². The quantitative estimate of drug-likeness (QED) is 0.805. The van der Waals surface area contributed by atoms with E-state index in [-0.39, 0.29) is 37.2 Å². The minimum Gasteiger partial charge on any atom is -0.356 e. The average molecular weight is 411 g/mol. The fourth-order valence-electron chi connectivity index (χ4n) is 3.81. The number of nitrogens with one attached hydrogen (secondary N) is 1. The molecule has 2 fully saturated rings.